The Bertz CT molecular complexity index is 814. The molecule has 0 aliphatic carbocycles. The van der Waals surface area contributed by atoms with Gasteiger partial charge in [0.15, 0.2) is 0 Å². The Morgan fingerprint density at radius 3 is 2.67 bits per heavy atom. The lowest BCUT2D eigenvalue weighted by molar-refractivity contribution is -0.0496. The maximum Gasteiger partial charge on any atom is 0.511 e. The topological polar surface area (TPSA) is 75.2 Å². The van der Waals surface area contributed by atoms with E-state index in [0.717, 1.165) is 10.2 Å². The summed E-state index contributed by atoms with van der Waals surface area (Å²) in [7, 11) is -5.22. The summed E-state index contributed by atoms with van der Waals surface area (Å²) >= 11 is 1.50. The number of hydrogen-bond acceptors (Lipinski definition) is 6. The number of thiophene rings is 1. The summed E-state index contributed by atoms with van der Waals surface area (Å²) in [6.07, 6.45) is 2.21. The van der Waals surface area contributed by atoms with Gasteiger partial charge < -0.3 is 5.32 Å². The Balaban J connectivity index is 1.58. The van der Waals surface area contributed by atoms with Gasteiger partial charge in [-0.1, -0.05) is 0 Å². The van der Waals surface area contributed by atoms with Crippen LogP contribution in [0.3, 0.4) is 0 Å². The molecule has 0 atom stereocenters. The lowest BCUT2D eigenvalue weighted by Gasteiger charge is -2.31. The third-order valence-electron chi connectivity index (χ3n) is 4.03. The van der Waals surface area contributed by atoms with Crippen molar-refractivity contribution in [2.45, 2.75) is 18.3 Å². The highest BCUT2D eigenvalue weighted by molar-refractivity contribution is 7.90. The van der Waals surface area contributed by atoms with Crippen LogP contribution >= 0.6 is 11.3 Å². The zero-order valence-corrected chi connectivity index (χ0v) is 14.1. The standard InChI is InChI=1S/C13H15F3N4O2S2/c14-13(15,16)24(21,22)20-4-1-9(2-5-20)7-17-11-10-3-6-23-12(10)19-8-18-11/h3,6,8-9H,1-2,4-5,7H2,(H,17,18,19). The Morgan fingerprint density at radius 2 is 2.00 bits per heavy atom. The molecule has 24 heavy (non-hydrogen) atoms. The molecular weight excluding hydrogens is 365 g/mol. The number of rotatable bonds is 4. The van der Waals surface area contributed by atoms with Crippen molar-refractivity contribution in [2.75, 3.05) is 25.0 Å². The van der Waals surface area contributed by atoms with E-state index in [9.17, 15) is 21.6 Å². The fourth-order valence-electron chi connectivity index (χ4n) is 2.67. The Labute approximate surface area is 140 Å². The summed E-state index contributed by atoms with van der Waals surface area (Å²) in [6, 6.07) is 1.90. The van der Waals surface area contributed by atoms with Crippen molar-refractivity contribution < 1.29 is 21.6 Å². The van der Waals surface area contributed by atoms with E-state index in [1.807, 2.05) is 11.4 Å². The third kappa shape index (κ3) is 3.33. The van der Waals surface area contributed by atoms with Crippen LogP contribution in [0.15, 0.2) is 17.8 Å². The zero-order chi connectivity index (χ0) is 17.4. The number of hydrogen-bond donors (Lipinski definition) is 1. The lowest BCUT2D eigenvalue weighted by Crippen LogP contribution is -2.45. The summed E-state index contributed by atoms with van der Waals surface area (Å²) in [5.74, 6) is 0.778. The molecule has 0 unspecified atom stereocenters. The number of nitrogens with one attached hydrogen (secondary N) is 1. The van der Waals surface area contributed by atoms with Crippen LogP contribution in [0.4, 0.5) is 19.0 Å². The minimum atomic E-state index is -5.23. The average Bonchev–Trinajstić information content (AvgIpc) is 3.01. The summed E-state index contributed by atoms with van der Waals surface area (Å²) in [4.78, 5) is 9.18. The van der Waals surface area contributed by atoms with Gasteiger partial charge in [0.05, 0.1) is 5.39 Å². The molecule has 0 aromatic carbocycles. The van der Waals surface area contributed by atoms with E-state index in [4.69, 9.17) is 0 Å². The van der Waals surface area contributed by atoms with Crippen LogP contribution < -0.4 is 5.32 Å². The zero-order valence-electron chi connectivity index (χ0n) is 12.5. The third-order valence-corrected chi connectivity index (χ3v) is 6.48. The number of nitrogens with zero attached hydrogens (tertiary/aromatic N) is 3. The fraction of sp³-hybridized carbons (Fsp3) is 0.538. The highest BCUT2D eigenvalue weighted by Gasteiger charge is 2.50. The van der Waals surface area contributed by atoms with Crippen LogP contribution in [-0.4, -0.2) is 47.8 Å². The number of fused-ring (bicyclic) bond motifs is 1. The number of aromatic nitrogens is 2. The molecule has 132 valence electrons. The van der Waals surface area contributed by atoms with E-state index in [-0.39, 0.29) is 19.0 Å². The second kappa shape index (κ2) is 6.45. The van der Waals surface area contributed by atoms with Gasteiger partial charge in [-0.25, -0.2) is 18.4 Å². The first-order chi connectivity index (χ1) is 11.3. The van der Waals surface area contributed by atoms with Gasteiger partial charge in [-0.2, -0.15) is 17.5 Å². The van der Waals surface area contributed by atoms with Crippen molar-refractivity contribution in [1.82, 2.24) is 14.3 Å². The SMILES string of the molecule is O=S(=O)(N1CCC(CNc2ncnc3sccc23)CC1)C(F)(F)F. The number of anilines is 1. The summed E-state index contributed by atoms with van der Waals surface area (Å²) < 4.78 is 60.9. The fourth-order valence-corrected chi connectivity index (χ4v) is 4.39. The maximum absolute atomic E-state index is 12.5. The van der Waals surface area contributed by atoms with Gasteiger partial charge in [-0.3, -0.25) is 0 Å². The molecule has 3 heterocycles. The normalized spacial score (nSPS) is 18.1. The molecule has 1 aliphatic rings. The van der Waals surface area contributed by atoms with E-state index in [1.54, 1.807) is 0 Å². The van der Waals surface area contributed by atoms with Gasteiger partial charge in [-0.05, 0) is 30.2 Å². The van der Waals surface area contributed by atoms with E-state index in [2.05, 4.69) is 15.3 Å². The second-order valence-corrected chi connectivity index (χ2v) is 8.36. The van der Waals surface area contributed by atoms with Crippen LogP contribution in [0.2, 0.25) is 0 Å². The van der Waals surface area contributed by atoms with Crippen LogP contribution in [0, 0.1) is 5.92 Å². The van der Waals surface area contributed by atoms with Crippen LogP contribution in [0.5, 0.6) is 0 Å². The molecule has 0 bridgehead atoms. The number of sulfonamides is 1. The molecule has 3 rings (SSSR count). The minimum Gasteiger partial charge on any atom is -0.369 e. The van der Waals surface area contributed by atoms with Gasteiger partial charge >= 0.3 is 15.5 Å². The van der Waals surface area contributed by atoms with E-state index in [1.165, 1.54) is 17.7 Å². The van der Waals surface area contributed by atoms with Gasteiger partial charge in [0.1, 0.15) is 17.0 Å². The highest BCUT2D eigenvalue weighted by atomic mass is 32.2. The first-order valence-corrected chi connectivity index (χ1v) is 9.59. The summed E-state index contributed by atoms with van der Waals surface area (Å²) in [5.41, 5.74) is -5.23. The number of piperidine rings is 1. The molecule has 11 heteroatoms. The predicted molar refractivity (Wildman–Crippen MR) is 85.2 cm³/mol. The quantitative estimate of drug-likeness (QED) is 0.883. The molecule has 1 saturated heterocycles. The molecular formula is C13H15F3N4O2S2. The molecule has 0 saturated carbocycles. The minimum absolute atomic E-state index is 0.0911. The molecule has 2 aromatic heterocycles. The Hall–Kier alpha value is -1.46. The molecule has 1 aliphatic heterocycles. The van der Waals surface area contributed by atoms with Crippen molar-refractivity contribution >= 4 is 37.4 Å². The van der Waals surface area contributed by atoms with E-state index >= 15 is 0 Å². The number of halogens is 3. The molecule has 0 radical (unpaired) electrons. The van der Waals surface area contributed by atoms with Crippen molar-refractivity contribution in [3.8, 4) is 0 Å². The molecule has 0 amide bonds. The first kappa shape index (κ1) is 17.4. The monoisotopic (exact) mass is 380 g/mol. The second-order valence-electron chi connectivity index (χ2n) is 5.54. The predicted octanol–water partition coefficient (Wildman–Crippen LogP) is 2.66. The van der Waals surface area contributed by atoms with E-state index in [0.29, 0.717) is 29.5 Å². The first-order valence-electron chi connectivity index (χ1n) is 7.27. The van der Waals surface area contributed by atoms with Gasteiger partial charge in [0.25, 0.3) is 0 Å². The van der Waals surface area contributed by atoms with Crippen molar-refractivity contribution in [3.05, 3.63) is 17.8 Å². The molecule has 6 nitrogen and oxygen atoms in total. The van der Waals surface area contributed by atoms with Gasteiger partial charge in [0.2, 0.25) is 0 Å². The van der Waals surface area contributed by atoms with Gasteiger partial charge in [0, 0.05) is 19.6 Å². The molecule has 1 fully saturated rings. The largest absolute Gasteiger partial charge is 0.511 e. The van der Waals surface area contributed by atoms with E-state index < -0.39 is 15.5 Å². The van der Waals surface area contributed by atoms with Crippen molar-refractivity contribution in [1.29, 1.82) is 0 Å². The van der Waals surface area contributed by atoms with Crippen LogP contribution in [0.25, 0.3) is 10.2 Å². The number of alkyl halides is 3. The van der Waals surface area contributed by atoms with Crippen molar-refractivity contribution in [3.63, 3.8) is 0 Å². The highest BCUT2D eigenvalue weighted by Crippen LogP contribution is 2.30. The van der Waals surface area contributed by atoms with Crippen LogP contribution in [-0.2, 0) is 10.0 Å². The van der Waals surface area contributed by atoms with Crippen molar-refractivity contribution in [2.24, 2.45) is 5.92 Å². The smallest absolute Gasteiger partial charge is 0.369 e. The summed E-state index contributed by atoms with van der Waals surface area (Å²) in [5, 5.41) is 6.00. The summed E-state index contributed by atoms with van der Waals surface area (Å²) in [6.45, 7) is 0.291. The maximum atomic E-state index is 12.5. The van der Waals surface area contributed by atoms with Crippen LogP contribution in [0.1, 0.15) is 12.8 Å². The molecule has 0 spiro atoms. The molecule has 1 N–H and O–H groups in total. The lowest BCUT2D eigenvalue weighted by atomic mass is 9.98. The Kier molecular flexibility index (Phi) is 4.67. The average molecular weight is 380 g/mol. The molecule has 2 aromatic rings. The Morgan fingerprint density at radius 1 is 1.29 bits per heavy atom. The van der Waals surface area contributed by atoms with Gasteiger partial charge in [-0.15, -0.1) is 11.3 Å².